The van der Waals surface area contributed by atoms with Gasteiger partial charge in [-0.2, -0.15) is 0 Å². The predicted molar refractivity (Wildman–Crippen MR) is 5.75 cm³/mol. The molecule has 0 amide bonds. The molecule has 0 aromatic rings. The molecule has 0 atom stereocenters. The van der Waals surface area contributed by atoms with Gasteiger partial charge in [-0.25, -0.2) is 0 Å². The number of halogens is 5. The quantitative estimate of drug-likeness (QED) is 0.263. The molecule has 0 aromatic heterocycles. The number of hydrogen-bond donors (Lipinski definition) is 0. The normalized spacial score (nSPS) is 0. The molecule has 40 valence electrons. The fraction of sp³-hybridized carbons (Fsp3) is 0. The molecule has 0 spiro atoms. The van der Waals surface area contributed by atoms with E-state index >= 15 is 0 Å². The van der Waals surface area contributed by atoms with E-state index in [-0.39, 0.29) is 70.7 Å². The summed E-state index contributed by atoms with van der Waals surface area (Å²) in [6, 6.07) is 0. The van der Waals surface area contributed by atoms with Crippen LogP contribution in [0.4, 0.5) is 0 Å². The first kappa shape index (κ1) is 298. The van der Waals surface area contributed by atoms with Gasteiger partial charge < -0.3 is 23.5 Å². The van der Waals surface area contributed by atoms with E-state index in [9.17, 15) is 0 Å². The van der Waals surface area contributed by atoms with Crippen molar-refractivity contribution in [1.29, 1.82) is 0 Å². The molecule has 0 aliphatic carbocycles. The molecule has 0 bridgehead atoms. The van der Waals surface area contributed by atoms with Crippen molar-refractivity contribution in [2.24, 2.45) is 0 Å². The van der Waals surface area contributed by atoms with Crippen molar-refractivity contribution >= 4 is 17.6 Å². The summed E-state index contributed by atoms with van der Waals surface area (Å²) < 4.78 is 0. The Morgan fingerprint density at radius 1 is 0.429 bits per heavy atom. The third-order valence-electron chi connectivity index (χ3n) is 0. The zero-order valence-corrected chi connectivity index (χ0v) is 7.49. The molecule has 0 unspecified atom stereocenters. The monoisotopic (exact) mass is 192 g/mol. The summed E-state index contributed by atoms with van der Waals surface area (Å²) in [4.78, 5) is 0. The van der Waals surface area contributed by atoms with E-state index in [2.05, 4.69) is 0 Å². The molecule has 0 aliphatic rings. The largest absolute Gasteiger partial charge is 4.00 e. The van der Waals surface area contributed by atoms with E-state index in [1.807, 2.05) is 0 Å². The maximum atomic E-state index is 0. The second-order valence-electron chi connectivity index (χ2n) is 0. The van der Waals surface area contributed by atoms with Gasteiger partial charge in [0.2, 0.25) is 0 Å². The fourth-order valence-corrected chi connectivity index (χ4v) is 0. The van der Waals surface area contributed by atoms with Crippen LogP contribution in [0.15, 0.2) is 0 Å². The predicted octanol–water partition coefficient (Wildman–Crippen LogP) is -18.4. The SMILES string of the molecule is [F-].[F-].[F-].[F-].[F-].[Ge+4].[Na+]. The maximum Gasteiger partial charge on any atom is 4.00 e. The van der Waals surface area contributed by atoms with Gasteiger partial charge in [0, 0.05) is 0 Å². The first-order valence-corrected chi connectivity index (χ1v) is 0. The second-order valence-corrected chi connectivity index (χ2v) is 0. The molecule has 0 N–H and O–H groups in total. The van der Waals surface area contributed by atoms with Crippen LogP contribution in [-0.4, -0.2) is 17.6 Å². The standard InChI is InChI=1S/5FH.Ge.Na/h5*1H;;/q;;;;;+4;+1/p-5. The number of hydrogen-bond acceptors (Lipinski definition) is 0. The van der Waals surface area contributed by atoms with Crippen LogP contribution in [0.25, 0.3) is 0 Å². The van der Waals surface area contributed by atoms with Gasteiger partial charge in [0.1, 0.15) is 0 Å². The van der Waals surface area contributed by atoms with Crippen molar-refractivity contribution < 1.29 is 53.1 Å². The summed E-state index contributed by atoms with van der Waals surface area (Å²) in [6.45, 7) is 0. The minimum Gasteiger partial charge on any atom is -1.00 e. The molecule has 0 nitrogen and oxygen atoms in total. The van der Waals surface area contributed by atoms with Gasteiger partial charge in [-0.3, -0.25) is 0 Å². The Bertz CT molecular complexity index is 8.04. The zero-order chi connectivity index (χ0) is 0. The summed E-state index contributed by atoms with van der Waals surface area (Å²) in [5.41, 5.74) is 0. The molecule has 0 aliphatic heterocycles. The van der Waals surface area contributed by atoms with E-state index in [0.717, 1.165) is 0 Å². The van der Waals surface area contributed by atoms with Crippen LogP contribution in [-0.2, 0) is 0 Å². The van der Waals surface area contributed by atoms with E-state index in [0.29, 0.717) is 0 Å². The maximum absolute atomic E-state index is 0. The Balaban J connectivity index is 0. The minimum absolute atomic E-state index is 0. The summed E-state index contributed by atoms with van der Waals surface area (Å²) in [5.74, 6) is 0. The van der Waals surface area contributed by atoms with Crippen molar-refractivity contribution in [2.75, 3.05) is 0 Å². The Morgan fingerprint density at radius 2 is 0.429 bits per heavy atom. The summed E-state index contributed by atoms with van der Waals surface area (Å²) >= 11 is 0. The van der Waals surface area contributed by atoms with Crippen LogP contribution < -0.4 is 53.1 Å². The fourth-order valence-electron chi connectivity index (χ4n) is 0. The minimum atomic E-state index is 0. The molecule has 0 heterocycles. The van der Waals surface area contributed by atoms with Crippen LogP contribution >= 0.6 is 0 Å². The molecule has 0 saturated heterocycles. The molecule has 0 fully saturated rings. The molecule has 0 radical (unpaired) electrons. The molecule has 7 heavy (non-hydrogen) atoms. The third kappa shape index (κ3) is 136. The first-order chi connectivity index (χ1) is 0. The Morgan fingerprint density at radius 3 is 0.429 bits per heavy atom. The van der Waals surface area contributed by atoms with Gasteiger partial charge in [-0.1, -0.05) is 0 Å². The van der Waals surface area contributed by atoms with Gasteiger partial charge >= 0.3 is 47.2 Å². The van der Waals surface area contributed by atoms with Gasteiger partial charge in [0.25, 0.3) is 0 Å². The van der Waals surface area contributed by atoms with E-state index in [4.69, 9.17) is 0 Å². The van der Waals surface area contributed by atoms with Crippen molar-refractivity contribution in [3.05, 3.63) is 0 Å². The topological polar surface area (TPSA) is 0 Å². The molecule has 0 aromatic carbocycles. The van der Waals surface area contributed by atoms with Crippen molar-refractivity contribution in [3.8, 4) is 0 Å². The second kappa shape index (κ2) is 194. The molecule has 7 heteroatoms. The first-order valence-electron chi connectivity index (χ1n) is 0. The smallest absolute Gasteiger partial charge is 1.00 e. The summed E-state index contributed by atoms with van der Waals surface area (Å²) in [5, 5.41) is 0. The Kier molecular flexibility index (Phi) is 8250. The van der Waals surface area contributed by atoms with E-state index in [1.165, 1.54) is 0 Å². The number of rotatable bonds is 0. The van der Waals surface area contributed by atoms with Crippen LogP contribution in [0, 0.1) is 0 Å². The molecular weight excluding hydrogens is 191 g/mol. The Labute approximate surface area is 70.5 Å². The van der Waals surface area contributed by atoms with Crippen LogP contribution in [0.1, 0.15) is 0 Å². The average molecular weight is 191 g/mol. The zero-order valence-electron chi connectivity index (χ0n) is 3.39. The third-order valence-corrected chi connectivity index (χ3v) is 0. The van der Waals surface area contributed by atoms with Crippen LogP contribution in [0.3, 0.4) is 0 Å². The Hall–Kier alpha value is 1.19. The van der Waals surface area contributed by atoms with E-state index < -0.39 is 0 Å². The van der Waals surface area contributed by atoms with Gasteiger partial charge in [-0.05, 0) is 0 Å². The van der Waals surface area contributed by atoms with Gasteiger partial charge in [0.05, 0.1) is 0 Å². The van der Waals surface area contributed by atoms with E-state index in [1.54, 1.807) is 0 Å². The van der Waals surface area contributed by atoms with Crippen molar-refractivity contribution in [1.82, 2.24) is 0 Å². The van der Waals surface area contributed by atoms with Crippen molar-refractivity contribution in [2.45, 2.75) is 0 Å². The molecule has 0 saturated carbocycles. The van der Waals surface area contributed by atoms with Gasteiger partial charge in [0.15, 0.2) is 0 Å². The summed E-state index contributed by atoms with van der Waals surface area (Å²) in [7, 11) is 0. The molecule has 0 rings (SSSR count). The molecular formula is F5GeNa. The summed E-state index contributed by atoms with van der Waals surface area (Å²) in [6.07, 6.45) is 0. The van der Waals surface area contributed by atoms with Gasteiger partial charge in [-0.15, -0.1) is 0 Å². The van der Waals surface area contributed by atoms with Crippen LogP contribution in [0.5, 0.6) is 0 Å². The van der Waals surface area contributed by atoms with Crippen molar-refractivity contribution in [3.63, 3.8) is 0 Å². The average Bonchev–Trinajstić information content (AvgIpc) is 0. The van der Waals surface area contributed by atoms with Crippen LogP contribution in [0.2, 0.25) is 0 Å².